The Bertz CT molecular complexity index is 1110. The zero-order valence-electron chi connectivity index (χ0n) is 13.9. The van der Waals surface area contributed by atoms with Gasteiger partial charge in [0, 0.05) is 17.6 Å². The third kappa shape index (κ3) is 4.01. The van der Waals surface area contributed by atoms with E-state index in [1.807, 2.05) is 18.2 Å². The molecule has 4 rings (SSSR count). The van der Waals surface area contributed by atoms with E-state index in [1.54, 1.807) is 6.07 Å². The molecule has 0 atom stereocenters. The molecule has 2 aromatic carbocycles. The number of nitrogens with one attached hydrogen (secondary N) is 2. The van der Waals surface area contributed by atoms with Gasteiger partial charge >= 0.3 is 6.36 Å². The number of rotatable bonds is 5. The van der Waals surface area contributed by atoms with Crippen LogP contribution >= 0.6 is 11.6 Å². The molecule has 0 fully saturated rings. The number of hydrogen-bond acceptors (Lipinski definition) is 6. The third-order valence-electron chi connectivity index (χ3n) is 3.80. The molecule has 11 heteroatoms. The Balaban J connectivity index is 1.47. The first-order valence-electron chi connectivity index (χ1n) is 7.93. The van der Waals surface area contributed by atoms with Crippen LogP contribution in [0.4, 0.5) is 18.9 Å². The number of tetrazole rings is 1. The number of aromatic nitrogens is 4. The fourth-order valence-electron chi connectivity index (χ4n) is 2.60. The molecule has 0 bridgehead atoms. The van der Waals surface area contributed by atoms with E-state index >= 15 is 0 Å². The first-order valence-corrected chi connectivity index (χ1v) is 8.31. The van der Waals surface area contributed by atoms with Gasteiger partial charge in [-0.05, 0) is 47.2 Å². The van der Waals surface area contributed by atoms with E-state index < -0.39 is 12.1 Å². The summed E-state index contributed by atoms with van der Waals surface area (Å²) in [4.78, 5) is 0. The van der Waals surface area contributed by atoms with Crippen molar-refractivity contribution in [1.29, 1.82) is 0 Å². The van der Waals surface area contributed by atoms with Gasteiger partial charge in [-0.1, -0.05) is 17.7 Å². The molecular weight excluding hydrogens is 399 g/mol. The van der Waals surface area contributed by atoms with Crippen molar-refractivity contribution < 1.29 is 22.3 Å². The number of fused-ring (bicyclic) bond motifs is 1. The smallest absolute Gasteiger partial charge is 0.453 e. The average molecular weight is 410 g/mol. The minimum absolute atomic E-state index is 0.141. The highest BCUT2D eigenvalue weighted by atomic mass is 35.5. The Morgan fingerprint density at radius 2 is 2.00 bits per heavy atom. The van der Waals surface area contributed by atoms with E-state index in [-0.39, 0.29) is 5.02 Å². The highest BCUT2D eigenvalue weighted by molar-refractivity contribution is 6.32. The quantitative estimate of drug-likeness (QED) is 0.493. The molecule has 2 aromatic heterocycles. The first kappa shape index (κ1) is 18.1. The van der Waals surface area contributed by atoms with Crippen molar-refractivity contribution in [3.05, 3.63) is 53.1 Å². The lowest BCUT2D eigenvalue weighted by Gasteiger charge is -2.12. The number of hydrogen-bond donors (Lipinski definition) is 2. The van der Waals surface area contributed by atoms with Gasteiger partial charge in [-0.25, -0.2) is 0 Å². The maximum absolute atomic E-state index is 12.3. The molecular formula is C17H11ClF3N5O2. The number of aromatic amines is 1. The van der Waals surface area contributed by atoms with Crippen molar-refractivity contribution in [3.63, 3.8) is 0 Å². The van der Waals surface area contributed by atoms with E-state index in [0.29, 0.717) is 29.4 Å². The molecule has 4 aromatic rings. The van der Waals surface area contributed by atoms with Gasteiger partial charge in [-0.15, -0.1) is 23.4 Å². The fraction of sp³-hybridized carbons (Fsp3) is 0.118. The molecule has 144 valence electrons. The summed E-state index contributed by atoms with van der Waals surface area (Å²) < 4.78 is 46.4. The Morgan fingerprint density at radius 1 is 1.14 bits per heavy atom. The van der Waals surface area contributed by atoms with Gasteiger partial charge in [0.25, 0.3) is 0 Å². The van der Waals surface area contributed by atoms with Crippen LogP contribution in [-0.4, -0.2) is 27.0 Å². The lowest BCUT2D eigenvalue weighted by atomic mass is 10.1. The SMILES string of the molecule is FC(F)(F)Oc1ccc(NCc2ccc3oc(-c4nn[nH]n4)cc3c2)cc1Cl. The van der Waals surface area contributed by atoms with Crippen LogP contribution in [0.2, 0.25) is 5.02 Å². The summed E-state index contributed by atoms with van der Waals surface area (Å²) in [5.41, 5.74) is 2.15. The van der Waals surface area contributed by atoms with E-state index in [9.17, 15) is 13.2 Å². The molecule has 2 heterocycles. The zero-order chi connectivity index (χ0) is 19.7. The summed E-state index contributed by atoms with van der Waals surface area (Å²) in [7, 11) is 0. The van der Waals surface area contributed by atoms with Crippen LogP contribution in [0.1, 0.15) is 5.56 Å². The maximum atomic E-state index is 12.3. The van der Waals surface area contributed by atoms with Crippen LogP contribution in [0.3, 0.4) is 0 Å². The van der Waals surface area contributed by atoms with Gasteiger partial charge < -0.3 is 14.5 Å². The molecule has 7 nitrogen and oxygen atoms in total. The molecule has 0 aliphatic carbocycles. The standard InChI is InChI=1S/C17H11ClF3N5O2/c18-12-7-11(2-4-14(12)28-17(19,20)21)22-8-9-1-3-13-10(5-9)6-15(27-13)16-23-25-26-24-16/h1-7,22H,8H2,(H,23,24,25,26). The van der Waals surface area contributed by atoms with E-state index in [1.165, 1.54) is 12.1 Å². The van der Waals surface area contributed by atoms with E-state index in [2.05, 4.69) is 30.7 Å². The van der Waals surface area contributed by atoms with Crippen LogP contribution in [0.5, 0.6) is 5.75 Å². The zero-order valence-corrected chi connectivity index (χ0v) is 14.7. The Hall–Kier alpha value is -3.27. The van der Waals surface area contributed by atoms with Crippen molar-refractivity contribution in [2.45, 2.75) is 12.9 Å². The molecule has 0 saturated heterocycles. The molecule has 0 unspecified atom stereocenters. The number of halogens is 4. The van der Waals surface area contributed by atoms with Crippen LogP contribution in [0.25, 0.3) is 22.6 Å². The molecule has 0 aliphatic rings. The fourth-order valence-corrected chi connectivity index (χ4v) is 2.82. The second-order valence-electron chi connectivity index (χ2n) is 5.76. The molecule has 0 saturated carbocycles. The number of alkyl halides is 3. The number of benzene rings is 2. The second-order valence-corrected chi connectivity index (χ2v) is 6.17. The van der Waals surface area contributed by atoms with Gasteiger partial charge in [0.1, 0.15) is 11.3 Å². The Kier molecular flexibility index (Phi) is 4.55. The highest BCUT2D eigenvalue weighted by Crippen LogP contribution is 2.32. The number of anilines is 1. The van der Waals surface area contributed by atoms with Crippen molar-refractivity contribution in [1.82, 2.24) is 20.6 Å². The van der Waals surface area contributed by atoms with Gasteiger partial charge in [0.2, 0.25) is 5.82 Å². The lowest BCUT2D eigenvalue weighted by molar-refractivity contribution is -0.274. The van der Waals surface area contributed by atoms with E-state index in [4.69, 9.17) is 16.0 Å². The van der Waals surface area contributed by atoms with Crippen molar-refractivity contribution in [2.75, 3.05) is 5.32 Å². The maximum Gasteiger partial charge on any atom is 0.573 e. The monoisotopic (exact) mass is 409 g/mol. The predicted molar refractivity (Wildman–Crippen MR) is 94.8 cm³/mol. The number of H-pyrrole nitrogens is 1. The van der Waals surface area contributed by atoms with Gasteiger partial charge in [0.15, 0.2) is 5.76 Å². The molecule has 0 spiro atoms. The topological polar surface area (TPSA) is 88.9 Å². The highest BCUT2D eigenvalue weighted by Gasteiger charge is 2.32. The molecule has 28 heavy (non-hydrogen) atoms. The third-order valence-corrected chi connectivity index (χ3v) is 4.10. The molecule has 2 N–H and O–H groups in total. The largest absolute Gasteiger partial charge is 0.573 e. The lowest BCUT2D eigenvalue weighted by Crippen LogP contribution is -2.17. The first-order chi connectivity index (χ1) is 13.4. The molecule has 0 radical (unpaired) electrons. The van der Waals surface area contributed by atoms with Crippen LogP contribution < -0.4 is 10.1 Å². The summed E-state index contributed by atoms with van der Waals surface area (Å²) in [5.74, 6) is 0.390. The summed E-state index contributed by atoms with van der Waals surface area (Å²) in [5, 5.41) is 17.4. The van der Waals surface area contributed by atoms with Crippen LogP contribution in [-0.2, 0) is 6.54 Å². The van der Waals surface area contributed by atoms with Crippen molar-refractivity contribution in [2.24, 2.45) is 0 Å². The van der Waals surface area contributed by atoms with Gasteiger partial charge in [-0.3, -0.25) is 0 Å². The van der Waals surface area contributed by atoms with Gasteiger partial charge in [-0.2, -0.15) is 5.21 Å². The van der Waals surface area contributed by atoms with Gasteiger partial charge in [0.05, 0.1) is 5.02 Å². The summed E-state index contributed by atoms with van der Waals surface area (Å²) in [6.07, 6.45) is -4.79. The summed E-state index contributed by atoms with van der Waals surface area (Å²) in [6.45, 7) is 0.425. The molecule has 0 aliphatic heterocycles. The average Bonchev–Trinajstić information content (AvgIpc) is 3.29. The summed E-state index contributed by atoms with van der Waals surface area (Å²) in [6, 6.07) is 11.4. The Labute approximate surface area is 160 Å². The van der Waals surface area contributed by atoms with Crippen molar-refractivity contribution >= 4 is 28.3 Å². The minimum atomic E-state index is -4.79. The summed E-state index contributed by atoms with van der Waals surface area (Å²) >= 11 is 5.85. The van der Waals surface area contributed by atoms with Crippen LogP contribution in [0.15, 0.2) is 46.9 Å². The van der Waals surface area contributed by atoms with Crippen molar-refractivity contribution in [3.8, 4) is 17.3 Å². The van der Waals surface area contributed by atoms with E-state index in [0.717, 1.165) is 17.0 Å². The molecule has 0 amide bonds. The minimum Gasteiger partial charge on any atom is -0.453 e. The van der Waals surface area contributed by atoms with Crippen LogP contribution in [0, 0.1) is 0 Å². The predicted octanol–water partition coefficient (Wildman–Crippen LogP) is 4.78. The number of nitrogens with zero attached hydrogens (tertiary/aromatic N) is 3. The normalized spacial score (nSPS) is 11.7. The Morgan fingerprint density at radius 3 is 2.71 bits per heavy atom. The number of furan rings is 1. The number of ether oxygens (including phenoxy) is 1. The second kappa shape index (κ2) is 7.04.